The van der Waals surface area contributed by atoms with Gasteiger partial charge < -0.3 is 0 Å². The third-order valence-electron chi connectivity index (χ3n) is 1.88. The number of aromatic nitrogens is 2. The van der Waals surface area contributed by atoms with Crippen LogP contribution < -0.4 is 0 Å². The molecule has 0 atom stereocenters. The average Bonchev–Trinajstić information content (AvgIpc) is 2.59. The van der Waals surface area contributed by atoms with Gasteiger partial charge >= 0.3 is 0 Å². The number of rotatable bonds is 1. The van der Waals surface area contributed by atoms with Gasteiger partial charge in [-0.3, -0.25) is 0 Å². The average molecular weight is 203 g/mol. The van der Waals surface area contributed by atoms with Crippen LogP contribution in [-0.2, 0) is 0 Å². The number of nitrogens with zero attached hydrogens (tertiary/aromatic N) is 3. The zero-order valence-corrected chi connectivity index (χ0v) is 8.80. The van der Waals surface area contributed by atoms with Gasteiger partial charge in [-0.25, -0.2) is 9.97 Å². The van der Waals surface area contributed by atoms with Crippen LogP contribution in [0.15, 0.2) is 12.1 Å². The summed E-state index contributed by atoms with van der Waals surface area (Å²) < 4.78 is 0. The Kier molecular flexibility index (Phi) is 2.18. The van der Waals surface area contributed by atoms with Crippen molar-refractivity contribution >= 4 is 21.7 Å². The number of pyridine rings is 1. The molecule has 0 aliphatic carbocycles. The summed E-state index contributed by atoms with van der Waals surface area (Å²) in [7, 11) is 0. The summed E-state index contributed by atoms with van der Waals surface area (Å²) in [5.74, 6) is 0.416. The van der Waals surface area contributed by atoms with E-state index in [0.717, 1.165) is 15.4 Å². The van der Waals surface area contributed by atoms with Crippen LogP contribution in [-0.4, -0.2) is 9.97 Å². The van der Waals surface area contributed by atoms with Gasteiger partial charge in [-0.2, -0.15) is 5.26 Å². The normalized spacial score (nSPS) is 10.7. The van der Waals surface area contributed by atoms with Gasteiger partial charge in [-0.1, -0.05) is 25.2 Å². The Balaban J connectivity index is 2.61. The lowest BCUT2D eigenvalue weighted by Crippen LogP contribution is -1.83. The molecule has 0 aliphatic rings. The molecule has 2 heterocycles. The first-order chi connectivity index (χ1) is 6.70. The summed E-state index contributed by atoms with van der Waals surface area (Å²) in [6, 6.07) is 5.58. The Morgan fingerprint density at radius 3 is 2.79 bits per heavy atom. The maximum Gasteiger partial charge on any atom is 0.145 e. The van der Waals surface area contributed by atoms with E-state index >= 15 is 0 Å². The van der Waals surface area contributed by atoms with Gasteiger partial charge in [-0.05, 0) is 12.1 Å². The molecule has 0 bridgehead atoms. The first-order valence-corrected chi connectivity index (χ1v) is 5.20. The van der Waals surface area contributed by atoms with Crippen LogP contribution in [0.4, 0.5) is 0 Å². The lowest BCUT2D eigenvalue weighted by Gasteiger charge is -1.94. The molecule has 2 aromatic rings. The van der Waals surface area contributed by atoms with E-state index < -0.39 is 0 Å². The van der Waals surface area contributed by atoms with Crippen LogP contribution in [0.25, 0.3) is 10.3 Å². The Hall–Kier alpha value is -1.47. The van der Waals surface area contributed by atoms with Crippen molar-refractivity contribution in [3.8, 4) is 6.07 Å². The third kappa shape index (κ3) is 1.47. The number of hydrogen-bond acceptors (Lipinski definition) is 4. The first kappa shape index (κ1) is 9.10. The van der Waals surface area contributed by atoms with E-state index in [4.69, 9.17) is 5.26 Å². The first-order valence-electron chi connectivity index (χ1n) is 4.38. The Bertz CT molecular complexity index is 508. The van der Waals surface area contributed by atoms with Crippen LogP contribution in [0, 0.1) is 11.3 Å². The molecule has 2 aromatic heterocycles. The second-order valence-electron chi connectivity index (χ2n) is 3.34. The molecule has 70 valence electrons. The van der Waals surface area contributed by atoms with Gasteiger partial charge in [0, 0.05) is 5.92 Å². The molecule has 4 heteroatoms. The van der Waals surface area contributed by atoms with Crippen molar-refractivity contribution in [1.82, 2.24) is 9.97 Å². The minimum absolute atomic E-state index is 0.416. The molecular formula is C10H9N3S. The van der Waals surface area contributed by atoms with Gasteiger partial charge in [0.2, 0.25) is 0 Å². The molecule has 2 rings (SSSR count). The molecule has 14 heavy (non-hydrogen) atoms. The topological polar surface area (TPSA) is 49.6 Å². The molecule has 0 spiro atoms. The fraction of sp³-hybridized carbons (Fsp3) is 0.300. The molecule has 0 aliphatic heterocycles. The van der Waals surface area contributed by atoms with E-state index in [1.165, 1.54) is 0 Å². The number of thiazole rings is 1. The number of nitriles is 1. The molecule has 0 radical (unpaired) electrons. The molecule has 0 unspecified atom stereocenters. The summed E-state index contributed by atoms with van der Waals surface area (Å²) in [5.41, 5.74) is 1.34. The molecular weight excluding hydrogens is 194 g/mol. The number of fused-ring (bicyclic) bond motifs is 1. The van der Waals surface area contributed by atoms with E-state index in [1.807, 2.05) is 12.1 Å². The number of hydrogen-bond donors (Lipinski definition) is 0. The van der Waals surface area contributed by atoms with Crippen molar-refractivity contribution in [3.05, 3.63) is 22.8 Å². The quantitative estimate of drug-likeness (QED) is 0.716. The lowest BCUT2D eigenvalue weighted by molar-refractivity contribution is 0.857. The zero-order valence-electron chi connectivity index (χ0n) is 7.98. The van der Waals surface area contributed by atoms with Crippen molar-refractivity contribution in [1.29, 1.82) is 5.26 Å². The fourth-order valence-corrected chi connectivity index (χ4v) is 2.08. The highest BCUT2D eigenvalue weighted by Crippen LogP contribution is 2.25. The second kappa shape index (κ2) is 3.35. The third-order valence-corrected chi connectivity index (χ3v) is 3.15. The van der Waals surface area contributed by atoms with Gasteiger partial charge in [-0.15, -0.1) is 0 Å². The van der Waals surface area contributed by atoms with Gasteiger partial charge in [0.05, 0.1) is 5.01 Å². The van der Waals surface area contributed by atoms with Gasteiger partial charge in [0.15, 0.2) is 0 Å². The van der Waals surface area contributed by atoms with E-state index in [9.17, 15) is 0 Å². The largest absolute Gasteiger partial charge is 0.239 e. The minimum Gasteiger partial charge on any atom is -0.239 e. The van der Waals surface area contributed by atoms with Crippen molar-refractivity contribution in [3.63, 3.8) is 0 Å². The van der Waals surface area contributed by atoms with Crippen LogP contribution >= 0.6 is 11.3 Å². The molecule has 0 saturated carbocycles. The maximum absolute atomic E-state index is 8.68. The predicted molar refractivity (Wildman–Crippen MR) is 56.2 cm³/mol. The monoisotopic (exact) mass is 203 g/mol. The highest BCUT2D eigenvalue weighted by Gasteiger charge is 2.08. The van der Waals surface area contributed by atoms with Crippen LogP contribution in [0.5, 0.6) is 0 Å². The molecule has 0 saturated heterocycles. The minimum atomic E-state index is 0.416. The van der Waals surface area contributed by atoms with Crippen molar-refractivity contribution in [2.24, 2.45) is 0 Å². The van der Waals surface area contributed by atoms with Crippen LogP contribution in [0.2, 0.25) is 0 Å². The van der Waals surface area contributed by atoms with Gasteiger partial charge in [0.25, 0.3) is 0 Å². The lowest BCUT2D eigenvalue weighted by atomic mass is 10.2. The van der Waals surface area contributed by atoms with Gasteiger partial charge in [0.1, 0.15) is 22.1 Å². The Morgan fingerprint density at radius 2 is 2.14 bits per heavy atom. The highest BCUT2D eigenvalue weighted by molar-refractivity contribution is 7.18. The van der Waals surface area contributed by atoms with Crippen LogP contribution in [0.1, 0.15) is 30.5 Å². The second-order valence-corrected chi connectivity index (χ2v) is 4.35. The summed E-state index contributed by atoms with van der Waals surface area (Å²) >= 11 is 1.56. The van der Waals surface area contributed by atoms with Crippen molar-refractivity contribution < 1.29 is 0 Å². The standard InChI is InChI=1S/C10H9N3S/c1-6(2)9-13-8-4-3-7(5-11)12-10(8)14-9/h3-4,6H,1-2H3. The van der Waals surface area contributed by atoms with E-state index in [-0.39, 0.29) is 0 Å². The van der Waals surface area contributed by atoms with E-state index in [0.29, 0.717) is 11.6 Å². The van der Waals surface area contributed by atoms with E-state index in [2.05, 4.69) is 23.8 Å². The Morgan fingerprint density at radius 1 is 1.36 bits per heavy atom. The summed E-state index contributed by atoms with van der Waals surface area (Å²) in [6.07, 6.45) is 0. The van der Waals surface area contributed by atoms with Crippen molar-refractivity contribution in [2.75, 3.05) is 0 Å². The Labute approximate surface area is 86.0 Å². The smallest absolute Gasteiger partial charge is 0.145 e. The predicted octanol–water partition coefficient (Wildman–Crippen LogP) is 2.69. The SMILES string of the molecule is CC(C)c1nc2ccc(C#N)nc2s1. The maximum atomic E-state index is 8.68. The highest BCUT2D eigenvalue weighted by atomic mass is 32.1. The van der Waals surface area contributed by atoms with E-state index in [1.54, 1.807) is 17.4 Å². The summed E-state index contributed by atoms with van der Waals surface area (Å²) in [4.78, 5) is 9.48. The summed E-state index contributed by atoms with van der Waals surface area (Å²) in [5, 5.41) is 9.76. The molecule has 0 aromatic carbocycles. The molecule has 0 amide bonds. The van der Waals surface area contributed by atoms with Crippen LogP contribution in [0.3, 0.4) is 0 Å². The molecule has 3 nitrogen and oxygen atoms in total. The zero-order chi connectivity index (χ0) is 10.1. The summed E-state index contributed by atoms with van der Waals surface area (Å²) in [6.45, 7) is 4.20. The molecule has 0 fully saturated rings. The molecule has 0 N–H and O–H groups in total. The van der Waals surface area contributed by atoms with Crippen molar-refractivity contribution in [2.45, 2.75) is 19.8 Å². The fourth-order valence-electron chi connectivity index (χ4n) is 1.14.